The number of anilines is 1. The van der Waals surface area contributed by atoms with Crippen LogP contribution in [-0.4, -0.2) is 11.0 Å². The van der Waals surface area contributed by atoms with E-state index < -0.39 is 11.7 Å². The zero-order chi connectivity index (χ0) is 12.5. The van der Waals surface area contributed by atoms with Crippen molar-refractivity contribution in [2.45, 2.75) is 25.1 Å². The van der Waals surface area contributed by atoms with Crippen LogP contribution in [0.3, 0.4) is 0 Å². The minimum Gasteiger partial charge on any atom is -0.366 e. The highest BCUT2D eigenvalue weighted by Gasteiger charge is 2.35. The third kappa shape index (κ3) is 3.00. The Morgan fingerprint density at radius 3 is 2.53 bits per heavy atom. The molecule has 6 heteroatoms. The molecule has 92 valence electrons. The van der Waals surface area contributed by atoms with Crippen LogP contribution in [0.1, 0.15) is 18.4 Å². The summed E-state index contributed by atoms with van der Waals surface area (Å²) in [5.41, 5.74) is -0.737. The van der Waals surface area contributed by atoms with Crippen LogP contribution in [0.2, 0.25) is 0 Å². The van der Waals surface area contributed by atoms with Gasteiger partial charge >= 0.3 is 6.18 Å². The number of alkyl halides is 3. The predicted molar refractivity (Wildman–Crippen MR) is 62.7 cm³/mol. The minimum absolute atomic E-state index is 0.00442. The molecule has 0 fully saturated rings. The average molecular weight is 307 g/mol. The van der Waals surface area contributed by atoms with Gasteiger partial charge in [0.25, 0.3) is 0 Å². The van der Waals surface area contributed by atoms with Crippen LogP contribution in [0.4, 0.5) is 19.0 Å². The van der Waals surface area contributed by atoms with Crippen LogP contribution in [0.25, 0.3) is 0 Å². The Hall–Kier alpha value is -1.04. The number of aromatic nitrogens is 1. The van der Waals surface area contributed by atoms with Crippen LogP contribution in [0.5, 0.6) is 0 Å². The summed E-state index contributed by atoms with van der Waals surface area (Å²) < 4.78 is 38.7. The van der Waals surface area contributed by atoms with Gasteiger partial charge in [0.2, 0.25) is 0 Å². The molecule has 0 unspecified atom stereocenters. The van der Waals surface area contributed by atoms with Crippen LogP contribution < -0.4 is 5.32 Å². The van der Waals surface area contributed by atoms with E-state index in [1.54, 1.807) is 0 Å². The van der Waals surface area contributed by atoms with Gasteiger partial charge in [0.1, 0.15) is 5.82 Å². The lowest BCUT2D eigenvalue weighted by molar-refractivity contribution is -0.137. The molecule has 2 nitrogen and oxygen atoms in total. The average Bonchev–Trinajstić information content (AvgIpc) is 2.72. The van der Waals surface area contributed by atoms with Crippen molar-refractivity contribution in [1.29, 1.82) is 0 Å². The maximum absolute atomic E-state index is 12.8. The summed E-state index contributed by atoms with van der Waals surface area (Å²) in [5.74, 6) is -0.102. The molecule has 0 amide bonds. The van der Waals surface area contributed by atoms with Crippen molar-refractivity contribution in [3.63, 3.8) is 0 Å². The highest BCUT2D eigenvalue weighted by molar-refractivity contribution is 9.10. The van der Waals surface area contributed by atoms with Crippen molar-refractivity contribution in [1.82, 2.24) is 4.98 Å². The van der Waals surface area contributed by atoms with E-state index in [2.05, 4.69) is 26.2 Å². The Balaban J connectivity index is 2.26. The number of pyridine rings is 1. The summed E-state index contributed by atoms with van der Waals surface area (Å²) in [6.45, 7) is 0. The number of rotatable bonds is 2. The van der Waals surface area contributed by atoms with E-state index in [1.807, 2.05) is 12.2 Å². The second-order valence-electron chi connectivity index (χ2n) is 3.83. The quantitative estimate of drug-likeness (QED) is 0.836. The lowest BCUT2D eigenvalue weighted by Gasteiger charge is -2.17. The van der Waals surface area contributed by atoms with E-state index in [-0.39, 0.29) is 11.9 Å². The molecule has 1 aliphatic carbocycles. The van der Waals surface area contributed by atoms with Crippen molar-refractivity contribution >= 4 is 21.7 Å². The summed E-state index contributed by atoms with van der Waals surface area (Å²) in [6.07, 6.45) is 2.32. The normalized spacial score (nSPS) is 16.5. The second-order valence-corrected chi connectivity index (χ2v) is 4.75. The fraction of sp³-hybridized carbons (Fsp3) is 0.364. The molecular formula is C11H10BrF3N2. The molecule has 1 aromatic rings. The molecule has 0 spiro atoms. The van der Waals surface area contributed by atoms with E-state index in [9.17, 15) is 13.2 Å². The van der Waals surface area contributed by atoms with Crippen molar-refractivity contribution in [2.24, 2.45) is 0 Å². The summed E-state index contributed by atoms with van der Waals surface area (Å²) in [7, 11) is 0. The fourth-order valence-corrected chi connectivity index (χ4v) is 2.03. The first-order chi connectivity index (χ1) is 7.97. The maximum atomic E-state index is 12.8. The Morgan fingerprint density at radius 1 is 1.29 bits per heavy atom. The zero-order valence-electron chi connectivity index (χ0n) is 8.76. The van der Waals surface area contributed by atoms with Crippen molar-refractivity contribution in [3.05, 3.63) is 34.5 Å². The maximum Gasteiger partial charge on any atom is 0.419 e. The van der Waals surface area contributed by atoms with Crippen molar-refractivity contribution in [2.75, 3.05) is 5.32 Å². The van der Waals surface area contributed by atoms with Gasteiger partial charge in [-0.1, -0.05) is 12.2 Å². The number of nitrogens with zero attached hydrogens (tertiary/aromatic N) is 1. The molecule has 1 N–H and O–H groups in total. The molecule has 0 aromatic carbocycles. The first-order valence-corrected chi connectivity index (χ1v) is 5.90. The van der Waals surface area contributed by atoms with Gasteiger partial charge in [-0.15, -0.1) is 0 Å². The molecule has 17 heavy (non-hydrogen) atoms. The Morgan fingerprint density at radius 2 is 1.94 bits per heavy atom. The van der Waals surface area contributed by atoms with E-state index in [1.165, 1.54) is 6.20 Å². The lowest BCUT2D eigenvalue weighted by atomic mass is 10.2. The molecule has 1 aliphatic rings. The van der Waals surface area contributed by atoms with Crippen LogP contribution in [0, 0.1) is 0 Å². The Kier molecular flexibility index (Phi) is 3.42. The Bertz CT molecular complexity index is 435. The SMILES string of the molecule is FC(F)(F)c1cc(Br)cnc1NC1CC=CC1. The van der Waals surface area contributed by atoms with Gasteiger partial charge in [0.15, 0.2) is 0 Å². The Labute approximate surface area is 105 Å². The molecule has 0 bridgehead atoms. The standard InChI is InChI=1S/C11H10BrF3N2/c12-7-5-9(11(13,14)15)10(16-6-7)17-8-3-1-2-4-8/h1-2,5-6,8H,3-4H2,(H,16,17). The van der Waals surface area contributed by atoms with Gasteiger partial charge in [0, 0.05) is 16.7 Å². The molecule has 0 saturated heterocycles. The highest BCUT2D eigenvalue weighted by atomic mass is 79.9. The topological polar surface area (TPSA) is 24.9 Å². The van der Waals surface area contributed by atoms with Gasteiger partial charge in [-0.3, -0.25) is 0 Å². The number of halogens is 4. The minimum atomic E-state index is -4.40. The second kappa shape index (κ2) is 4.68. The third-order valence-corrected chi connectivity index (χ3v) is 2.94. The van der Waals surface area contributed by atoms with Crippen LogP contribution in [0.15, 0.2) is 28.9 Å². The summed E-state index contributed by atoms with van der Waals surface area (Å²) in [4.78, 5) is 3.80. The van der Waals surface area contributed by atoms with Gasteiger partial charge in [-0.05, 0) is 34.8 Å². The molecule has 2 rings (SSSR count). The van der Waals surface area contributed by atoms with E-state index in [0.717, 1.165) is 18.9 Å². The van der Waals surface area contributed by atoms with Gasteiger partial charge in [-0.2, -0.15) is 13.2 Å². The molecule has 1 heterocycles. The predicted octanol–water partition coefficient (Wildman–Crippen LogP) is 3.99. The summed E-state index contributed by atoms with van der Waals surface area (Å²) in [6, 6.07) is 1.04. The number of hydrogen-bond acceptors (Lipinski definition) is 2. The van der Waals surface area contributed by atoms with Crippen molar-refractivity contribution in [3.8, 4) is 0 Å². The van der Waals surface area contributed by atoms with Gasteiger partial charge in [0.05, 0.1) is 5.56 Å². The molecular weight excluding hydrogens is 297 g/mol. The molecule has 0 saturated carbocycles. The van der Waals surface area contributed by atoms with E-state index in [0.29, 0.717) is 4.47 Å². The van der Waals surface area contributed by atoms with E-state index in [4.69, 9.17) is 0 Å². The first kappa shape index (κ1) is 12.4. The van der Waals surface area contributed by atoms with Crippen LogP contribution >= 0.6 is 15.9 Å². The monoisotopic (exact) mass is 306 g/mol. The highest BCUT2D eigenvalue weighted by Crippen LogP contribution is 2.36. The molecule has 0 aliphatic heterocycles. The summed E-state index contributed by atoms with van der Waals surface area (Å²) in [5, 5.41) is 2.83. The molecule has 1 aromatic heterocycles. The summed E-state index contributed by atoms with van der Waals surface area (Å²) >= 11 is 3.00. The number of nitrogens with one attached hydrogen (secondary N) is 1. The van der Waals surface area contributed by atoms with Crippen molar-refractivity contribution < 1.29 is 13.2 Å². The lowest BCUT2D eigenvalue weighted by Crippen LogP contribution is -2.20. The van der Waals surface area contributed by atoms with Crippen LogP contribution in [-0.2, 0) is 6.18 Å². The molecule has 0 atom stereocenters. The van der Waals surface area contributed by atoms with Gasteiger partial charge < -0.3 is 5.32 Å². The fourth-order valence-electron chi connectivity index (χ4n) is 1.70. The van der Waals surface area contributed by atoms with Gasteiger partial charge in [-0.25, -0.2) is 4.98 Å². The first-order valence-electron chi connectivity index (χ1n) is 5.11. The molecule has 0 radical (unpaired) electrons. The zero-order valence-corrected chi connectivity index (χ0v) is 10.3. The van der Waals surface area contributed by atoms with E-state index >= 15 is 0 Å². The smallest absolute Gasteiger partial charge is 0.366 e. The third-order valence-electron chi connectivity index (χ3n) is 2.51. The largest absolute Gasteiger partial charge is 0.419 e. The number of hydrogen-bond donors (Lipinski definition) is 1.